The maximum atomic E-state index is 12.1. The van der Waals surface area contributed by atoms with Gasteiger partial charge in [0.15, 0.2) is 0 Å². The van der Waals surface area contributed by atoms with Gasteiger partial charge in [0.05, 0.1) is 26.0 Å². The molecule has 1 aromatic rings. The lowest BCUT2D eigenvalue weighted by molar-refractivity contribution is 0.0308. The van der Waals surface area contributed by atoms with E-state index in [0.717, 1.165) is 5.56 Å². The fraction of sp³-hybridized carbons (Fsp3) is 0.538. The van der Waals surface area contributed by atoms with E-state index in [2.05, 4.69) is 5.48 Å². The molecule has 108 valence electrons. The van der Waals surface area contributed by atoms with Crippen molar-refractivity contribution in [1.82, 2.24) is 5.48 Å². The van der Waals surface area contributed by atoms with E-state index in [1.807, 2.05) is 30.3 Å². The summed E-state index contributed by atoms with van der Waals surface area (Å²) in [6, 6.07) is 9.82. The Morgan fingerprint density at radius 2 is 1.74 bits per heavy atom. The van der Waals surface area contributed by atoms with E-state index in [1.54, 1.807) is 13.8 Å². The van der Waals surface area contributed by atoms with Crippen molar-refractivity contribution in [3.05, 3.63) is 35.9 Å². The Hall–Kier alpha value is -0.710. The summed E-state index contributed by atoms with van der Waals surface area (Å²) in [7, 11) is -2.97. The van der Waals surface area contributed by atoms with Crippen LogP contribution in [0.5, 0.6) is 0 Å². The molecule has 0 heterocycles. The van der Waals surface area contributed by atoms with Crippen LogP contribution in [0.15, 0.2) is 30.3 Å². The smallest absolute Gasteiger partial charge is 0.309 e. The van der Waals surface area contributed by atoms with Gasteiger partial charge in [-0.2, -0.15) is 0 Å². The van der Waals surface area contributed by atoms with Gasteiger partial charge in [0.25, 0.3) is 0 Å². The summed E-state index contributed by atoms with van der Waals surface area (Å²) < 4.78 is 22.5. The van der Waals surface area contributed by atoms with Gasteiger partial charge in [0.1, 0.15) is 0 Å². The largest absolute Gasteiger partial charge is 0.332 e. The lowest BCUT2D eigenvalue weighted by Gasteiger charge is -2.16. The quantitative estimate of drug-likeness (QED) is 0.407. The van der Waals surface area contributed by atoms with E-state index in [9.17, 15) is 4.57 Å². The van der Waals surface area contributed by atoms with Gasteiger partial charge >= 0.3 is 7.60 Å². The van der Waals surface area contributed by atoms with Gasteiger partial charge in [-0.25, -0.2) is 5.48 Å². The van der Waals surface area contributed by atoms with Gasteiger partial charge < -0.3 is 9.05 Å². The normalized spacial score (nSPS) is 11.7. The summed E-state index contributed by atoms with van der Waals surface area (Å²) in [5.74, 6) is 0. The Bertz CT molecular complexity index is 375. The van der Waals surface area contributed by atoms with Crippen LogP contribution in [-0.4, -0.2) is 25.9 Å². The predicted molar refractivity (Wildman–Crippen MR) is 75.0 cm³/mol. The van der Waals surface area contributed by atoms with Crippen LogP contribution < -0.4 is 5.48 Å². The fourth-order valence-corrected chi connectivity index (χ4v) is 3.01. The van der Waals surface area contributed by atoms with Crippen LogP contribution in [0.2, 0.25) is 0 Å². The highest BCUT2D eigenvalue weighted by molar-refractivity contribution is 7.53. The average Bonchev–Trinajstić information content (AvgIpc) is 2.40. The highest BCUT2D eigenvalue weighted by Gasteiger charge is 2.22. The molecule has 0 amide bonds. The molecule has 1 aromatic carbocycles. The maximum absolute atomic E-state index is 12.1. The zero-order chi connectivity index (χ0) is 14.0. The Balaban J connectivity index is 2.20. The summed E-state index contributed by atoms with van der Waals surface area (Å²) >= 11 is 0. The third kappa shape index (κ3) is 6.85. The second kappa shape index (κ2) is 9.23. The number of benzene rings is 1. The summed E-state index contributed by atoms with van der Waals surface area (Å²) in [4.78, 5) is 5.29. The maximum Gasteiger partial charge on any atom is 0.332 e. The lowest BCUT2D eigenvalue weighted by Crippen LogP contribution is -2.20. The van der Waals surface area contributed by atoms with Gasteiger partial charge in [-0.15, -0.1) is 0 Å². The number of nitrogens with one attached hydrogen (secondary N) is 1. The molecule has 1 rings (SSSR count). The second-order valence-corrected chi connectivity index (χ2v) is 6.02. The van der Waals surface area contributed by atoms with E-state index in [-0.39, 0.29) is 0 Å². The monoisotopic (exact) mass is 287 g/mol. The molecule has 0 radical (unpaired) electrons. The highest BCUT2D eigenvalue weighted by Crippen LogP contribution is 2.47. The molecule has 0 aliphatic rings. The molecular formula is C13H22NO4P. The van der Waals surface area contributed by atoms with E-state index in [0.29, 0.717) is 32.5 Å². The summed E-state index contributed by atoms with van der Waals surface area (Å²) in [5, 5.41) is 0. The molecule has 19 heavy (non-hydrogen) atoms. The topological polar surface area (TPSA) is 56.8 Å². The molecule has 0 bridgehead atoms. The zero-order valence-corrected chi connectivity index (χ0v) is 12.4. The van der Waals surface area contributed by atoms with E-state index in [4.69, 9.17) is 13.9 Å². The molecule has 5 nitrogen and oxygen atoms in total. The fourth-order valence-electron chi connectivity index (χ4n) is 1.52. The average molecular weight is 287 g/mol. The second-order valence-electron chi connectivity index (χ2n) is 3.84. The van der Waals surface area contributed by atoms with Crippen LogP contribution in [-0.2, 0) is 25.1 Å². The number of hydrogen-bond donors (Lipinski definition) is 1. The molecule has 0 aliphatic carbocycles. The first-order valence-corrected chi connectivity index (χ1v) is 8.19. The first-order valence-electron chi connectivity index (χ1n) is 6.47. The van der Waals surface area contributed by atoms with Crippen LogP contribution in [0.3, 0.4) is 0 Å². The van der Waals surface area contributed by atoms with E-state index in [1.165, 1.54) is 0 Å². The molecule has 0 unspecified atom stereocenters. The summed E-state index contributed by atoms with van der Waals surface area (Å²) in [5.41, 5.74) is 3.85. The molecule has 0 saturated heterocycles. The molecular weight excluding hydrogens is 265 g/mol. The van der Waals surface area contributed by atoms with E-state index >= 15 is 0 Å². The Kier molecular flexibility index (Phi) is 7.94. The van der Waals surface area contributed by atoms with Crippen LogP contribution in [0.4, 0.5) is 0 Å². The molecule has 0 saturated carbocycles. The minimum atomic E-state index is -2.97. The molecule has 1 N–H and O–H groups in total. The first kappa shape index (κ1) is 16.3. The van der Waals surface area contributed by atoms with Gasteiger partial charge in [-0.1, -0.05) is 30.3 Å². The number of rotatable bonds is 10. The van der Waals surface area contributed by atoms with Crippen molar-refractivity contribution in [3.63, 3.8) is 0 Å². The van der Waals surface area contributed by atoms with Crippen molar-refractivity contribution in [3.8, 4) is 0 Å². The molecule has 0 aliphatic heterocycles. The van der Waals surface area contributed by atoms with Gasteiger partial charge in [-0.05, 0) is 19.4 Å². The standard InChI is InChI=1S/C13H22NO4P/c1-3-17-19(15,18-4-2)11-10-14-16-12-13-8-6-5-7-9-13/h5-9,14H,3-4,10-12H2,1-2H3. The van der Waals surface area contributed by atoms with Crippen LogP contribution in [0, 0.1) is 0 Å². The van der Waals surface area contributed by atoms with Crippen LogP contribution in [0.1, 0.15) is 19.4 Å². The minimum absolute atomic E-state index is 0.295. The molecule has 0 aromatic heterocycles. The summed E-state index contributed by atoms with van der Waals surface area (Å²) in [6.45, 7) is 5.23. The van der Waals surface area contributed by atoms with Crippen molar-refractivity contribution >= 4 is 7.60 Å². The first-order chi connectivity index (χ1) is 9.20. The number of hydroxylamine groups is 1. The third-order valence-corrected chi connectivity index (χ3v) is 4.40. The van der Waals surface area contributed by atoms with Crippen molar-refractivity contribution in [1.29, 1.82) is 0 Å². The zero-order valence-electron chi connectivity index (χ0n) is 11.5. The van der Waals surface area contributed by atoms with E-state index < -0.39 is 7.60 Å². The minimum Gasteiger partial charge on any atom is -0.309 e. The van der Waals surface area contributed by atoms with Crippen LogP contribution >= 0.6 is 7.60 Å². The van der Waals surface area contributed by atoms with Crippen molar-refractivity contribution in [2.75, 3.05) is 25.9 Å². The van der Waals surface area contributed by atoms with Gasteiger partial charge in [-0.3, -0.25) is 9.40 Å². The molecule has 0 atom stereocenters. The Labute approximate surface area is 114 Å². The van der Waals surface area contributed by atoms with Crippen molar-refractivity contribution in [2.24, 2.45) is 0 Å². The Morgan fingerprint density at radius 3 is 2.32 bits per heavy atom. The van der Waals surface area contributed by atoms with Gasteiger partial charge in [0, 0.05) is 6.54 Å². The SMILES string of the molecule is CCOP(=O)(CCNOCc1ccccc1)OCC. The number of hydrogen-bond acceptors (Lipinski definition) is 5. The molecule has 0 spiro atoms. The predicted octanol–water partition coefficient (Wildman–Crippen LogP) is 2.97. The lowest BCUT2D eigenvalue weighted by atomic mass is 10.2. The Morgan fingerprint density at radius 1 is 1.11 bits per heavy atom. The highest BCUT2D eigenvalue weighted by atomic mass is 31.2. The van der Waals surface area contributed by atoms with Crippen LogP contribution in [0.25, 0.3) is 0 Å². The van der Waals surface area contributed by atoms with Gasteiger partial charge in [0.2, 0.25) is 0 Å². The molecule has 0 fully saturated rings. The van der Waals surface area contributed by atoms with Crippen molar-refractivity contribution in [2.45, 2.75) is 20.5 Å². The van der Waals surface area contributed by atoms with Crippen molar-refractivity contribution < 1.29 is 18.5 Å². The summed E-state index contributed by atoms with van der Waals surface area (Å²) in [6.07, 6.45) is 0.295. The molecule has 6 heteroatoms. The third-order valence-electron chi connectivity index (χ3n) is 2.32.